The predicted molar refractivity (Wildman–Crippen MR) is 123 cm³/mol. The molecule has 5 atom stereocenters. The highest BCUT2D eigenvalue weighted by molar-refractivity contribution is 5.91. The average Bonchev–Trinajstić information content (AvgIpc) is 3.20. The summed E-state index contributed by atoms with van der Waals surface area (Å²) in [7, 11) is 0. The number of aliphatic hydroxyl groups excluding tert-OH is 1. The number of carbonyl (C=O) groups is 3. The lowest BCUT2D eigenvalue weighted by atomic mass is 10.1. The van der Waals surface area contributed by atoms with Gasteiger partial charge in [-0.3, -0.25) is 0 Å². The van der Waals surface area contributed by atoms with E-state index >= 15 is 0 Å². The molecule has 35 heavy (non-hydrogen) atoms. The van der Waals surface area contributed by atoms with E-state index in [2.05, 4.69) is 0 Å². The van der Waals surface area contributed by atoms with Gasteiger partial charge in [0.1, 0.15) is 12.2 Å². The Morgan fingerprint density at radius 2 is 1.09 bits per heavy atom. The zero-order valence-corrected chi connectivity index (χ0v) is 18.9. The second-order valence-electron chi connectivity index (χ2n) is 7.94. The molecule has 4 rings (SSSR count). The van der Waals surface area contributed by atoms with Crippen LogP contribution in [0.4, 0.5) is 0 Å². The Kier molecular flexibility index (Phi) is 7.54. The molecule has 1 fully saturated rings. The van der Waals surface area contributed by atoms with Crippen molar-refractivity contribution in [2.75, 3.05) is 0 Å². The molecule has 0 aromatic heterocycles. The number of carbonyl (C=O) groups excluding carboxylic acids is 3. The summed E-state index contributed by atoms with van der Waals surface area (Å²) in [5, 5.41) is 10.6. The number of rotatable bonds is 7. The van der Waals surface area contributed by atoms with Gasteiger partial charge in [-0.2, -0.15) is 0 Å². The van der Waals surface area contributed by atoms with Gasteiger partial charge in [0.2, 0.25) is 0 Å². The lowest BCUT2D eigenvalue weighted by molar-refractivity contribution is -0.146. The molecule has 0 bridgehead atoms. The maximum absolute atomic E-state index is 12.8. The van der Waals surface area contributed by atoms with Crippen LogP contribution in [0.3, 0.4) is 0 Å². The van der Waals surface area contributed by atoms with Crippen LogP contribution in [-0.2, 0) is 18.9 Å². The molecule has 1 unspecified atom stereocenters. The van der Waals surface area contributed by atoms with Gasteiger partial charge in [-0.1, -0.05) is 54.6 Å². The number of esters is 3. The van der Waals surface area contributed by atoms with Crippen LogP contribution >= 0.6 is 0 Å². The van der Waals surface area contributed by atoms with E-state index in [1.807, 2.05) is 0 Å². The van der Waals surface area contributed by atoms with Gasteiger partial charge in [-0.25, -0.2) is 14.4 Å². The van der Waals surface area contributed by atoms with Gasteiger partial charge in [0.15, 0.2) is 18.5 Å². The Labute approximate surface area is 202 Å². The molecule has 1 saturated heterocycles. The topological polar surface area (TPSA) is 108 Å². The van der Waals surface area contributed by atoms with Gasteiger partial charge in [-0.15, -0.1) is 0 Å². The summed E-state index contributed by atoms with van der Waals surface area (Å²) in [6, 6.07) is 24.7. The van der Waals surface area contributed by atoms with E-state index in [1.54, 1.807) is 97.9 Å². The Balaban J connectivity index is 1.55. The van der Waals surface area contributed by atoms with Crippen molar-refractivity contribution >= 4 is 17.9 Å². The molecule has 1 aliphatic rings. The van der Waals surface area contributed by atoms with Crippen LogP contribution in [0.5, 0.6) is 0 Å². The number of benzene rings is 3. The van der Waals surface area contributed by atoms with Gasteiger partial charge in [0.05, 0.1) is 16.7 Å². The molecule has 1 N–H and O–H groups in total. The highest BCUT2D eigenvalue weighted by Gasteiger charge is 2.52. The second kappa shape index (κ2) is 10.9. The first-order valence-corrected chi connectivity index (χ1v) is 11.1. The molecular weight excluding hydrogens is 452 g/mol. The third kappa shape index (κ3) is 5.74. The average molecular weight is 476 g/mol. The van der Waals surface area contributed by atoms with Gasteiger partial charge in [-0.05, 0) is 43.3 Å². The molecule has 8 heteroatoms. The maximum atomic E-state index is 12.8. The fourth-order valence-electron chi connectivity index (χ4n) is 3.71. The Hall–Kier alpha value is -4.01. The Morgan fingerprint density at radius 1 is 0.686 bits per heavy atom. The lowest BCUT2D eigenvalue weighted by Crippen LogP contribution is -2.44. The molecular formula is C27H24O8. The monoisotopic (exact) mass is 476 g/mol. The second-order valence-corrected chi connectivity index (χ2v) is 7.94. The van der Waals surface area contributed by atoms with E-state index in [0.717, 1.165) is 0 Å². The first-order chi connectivity index (χ1) is 16.9. The number of hydrogen-bond acceptors (Lipinski definition) is 8. The first kappa shape index (κ1) is 24.1. The van der Waals surface area contributed by atoms with Gasteiger partial charge in [0, 0.05) is 0 Å². The summed E-state index contributed by atoms with van der Waals surface area (Å²) in [5.41, 5.74) is 0.831. The minimum Gasteiger partial charge on any atom is -0.456 e. The SMILES string of the molecule is C[C@H](OC(=O)c1ccccc1)[C@H]1OC(O)[C@H](OC(=O)c2ccccc2)[C@@H]1OC(=O)c1ccccc1. The van der Waals surface area contributed by atoms with E-state index in [4.69, 9.17) is 18.9 Å². The predicted octanol–water partition coefficient (Wildman–Crippen LogP) is 3.40. The van der Waals surface area contributed by atoms with Crippen LogP contribution in [0.25, 0.3) is 0 Å². The largest absolute Gasteiger partial charge is 0.456 e. The zero-order chi connectivity index (χ0) is 24.8. The molecule has 0 radical (unpaired) electrons. The fraction of sp³-hybridized carbons (Fsp3) is 0.222. The van der Waals surface area contributed by atoms with Crippen molar-refractivity contribution < 1.29 is 38.4 Å². The van der Waals surface area contributed by atoms with E-state index in [0.29, 0.717) is 5.56 Å². The van der Waals surface area contributed by atoms with Crippen LogP contribution in [0.1, 0.15) is 38.0 Å². The zero-order valence-electron chi connectivity index (χ0n) is 18.9. The molecule has 1 heterocycles. The maximum Gasteiger partial charge on any atom is 0.338 e. The quantitative estimate of drug-likeness (QED) is 0.408. The van der Waals surface area contributed by atoms with Gasteiger partial charge >= 0.3 is 17.9 Å². The number of ether oxygens (including phenoxy) is 4. The van der Waals surface area contributed by atoms with Gasteiger partial charge < -0.3 is 24.1 Å². The summed E-state index contributed by atoms with van der Waals surface area (Å²) in [4.78, 5) is 38.0. The van der Waals surface area contributed by atoms with E-state index in [1.165, 1.54) is 0 Å². The molecule has 8 nitrogen and oxygen atoms in total. The highest BCUT2D eigenvalue weighted by Crippen LogP contribution is 2.30. The third-order valence-corrected chi connectivity index (χ3v) is 5.50. The van der Waals surface area contributed by atoms with Gasteiger partial charge in [0.25, 0.3) is 0 Å². The normalized spacial score (nSPS) is 22.1. The van der Waals surface area contributed by atoms with Crippen molar-refractivity contribution in [2.24, 2.45) is 0 Å². The van der Waals surface area contributed by atoms with Crippen LogP contribution in [0.15, 0.2) is 91.0 Å². The summed E-state index contributed by atoms with van der Waals surface area (Å²) < 4.78 is 22.2. The third-order valence-electron chi connectivity index (χ3n) is 5.50. The minimum absolute atomic E-state index is 0.250. The van der Waals surface area contributed by atoms with Crippen molar-refractivity contribution in [3.05, 3.63) is 108 Å². The van der Waals surface area contributed by atoms with Crippen molar-refractivity contribution in [1.29, 1.82) is 0 Å². The van der Waals surface area contributed by atoms with Crippen LogP contribution < -0.4 is 0 Å². The van der Waals surface area contributed by atoms with Crippen molar-refractivity contribution in [1.82, 2.24) is 0 Å². The first-order valence-electron chi connectivity index (χ1n) is 11.1. The molecule has 180 valence electrons. The van der Waals surface area contributed by atoms with Crippen molar-refractivity contribution in [2.45, 2.75) is 37.6 Å². The minimum atomic E-state index is -1.61. The van der Waals surface area contributed by atoms with Crippen molar-refractivity contribution in [3.63, 3.8) is 0 Å². The Bertz CT molecular complexity index is 1150. The lowest BCUT2D eigenvalue weighted by Gasteiger charge is -2.26. The molecule has 0 spiro atoms. The number of aliphatic hydroxyl groups is 1. The van der Waals surface area contributed by atoms with Crippen molar-refractivity contribution in [3.8, 4) is 0 Å². The highest BCUT2D eigenvalue weighted by atomic mass is 16.7. The van der Waals surface area contributed by atoms with Crippen LogP contribution in [0, 0.1) is 0 Å². The molecule has 0 amide bonds. The molecule has 0 aliphatic carbocycles. The van der Waals surface area contributed by atoms with E-state index in [9.17, 15) is 19.5 Å². The van der Waals surface area contributed by atoms with E-state index in [-0.39, 0.29) is 11.1 Å². The molecule has 0 saturated carbocycles. The van der Waals surface area contributed by atoms with Crippen LogP contribution in [-0.4, -0.2) is 53.7 Å². The molecule has 3 aromatic rings. The molecule has 1 aliphatic heterocycles. The summed E-state index contributed by atoms with van der Waals surface area (Å²) in [5.74, 6) is -2.05. The molecule has 3 aromatic carbocycles. The standard InChI is InChI=1S/C27H24O8/c1-17(32-24(28)18-11-5-2-6-12-18)21-22(34-25(29)19-13-7-3-8-14-19)23(27(31)33-21)35-26(30)20-15-9-4-10-16-20/h2-17,21-23,27,31H,1H3/t17-,21+,22+,23+,27?/m0/s1. The fourth-order valence-corrected chi connectivity index (χ4v) is 3.71. The summed E-state index contributed by atoms with van der Waals surface area (Å²) in [6.45, 7) is 1.54. The Morgan fingerprint density at radius 3 is 1.54 bits per heavy atom. The summed E-state index contributed by atoms with van der Waals surface area (Å²) >= 11 is 0. The number of hydrogen-bond donors (Lipinski definition) is 1. The summed E-state index contributed by atoms with van der Waals surface area (Å²) in [6.07, 6.45) is -6.26. The smallest absolute Gasteiger partial charge is 0.338 e. The van der Waals surface area contributed by atoms with E-state index < -0.39 is 48.6 Å². The van der Waals surface area contributed by atoms with Crippen LogP contribution in [0.2, 0.25) is 0 Å².